The lowest BCUT2D eigenvalue weighted by molar-refractivity contribution is 0.372. The van der Waals surface area contributed by atoms with Crippen molar-refractivity contribution in [2.45, 2.75) is 31.7 Å². The number of hydrogen-bond acceptors (Lipinski definition) is 1. The first-order valence-electron chi connectivity index (χ1n) is 6.90. The van der Waals surface area contributed by atoms with Crippen molar-refractivity contribution in [3.05, 3.63) is 65.2 Å². The van der Waals surface area contributed by atoms with Gasteiger partial charge in [0.05, 0.1) is 5.69 Å². The molecular formula is C17H17F2N. The molecule has 0 atom stereocenters. The molecule has 1 fully saturated rings. The van der Waals surface area contributed by atoms with Crippen LogP contribution in [0.1, 0.15) is 29.9 Å². The van der Waals surface area contributed by atoms with Crippen LogP contribution < -0.4 is 5.32 Å². The zero-order valence-corrected chi connectivity index (χ0v) is 11.4. The second kappa shape index (κ2) is 5.23. The van der Waals surface area contributed by atoms with E-state index in [1.54, 1.807) is 12.1 Å². The third kappa shape index (κ3) is 2.67. The van der Waals surface area contributed by atoms with E-state index in [1.807, 2.05) is 25.1 Å². The van der Waals surface area contributed by atoms with E-state index in [0.29, 0.717) is 17.6 Å². The molecule has 0 spiro atoms. The van der Waals surface area contributed by atoms with Gasteiger partial charge < -0.3 is 5.32 Å². The van der Waals surface area contributed by atoms with E-state index < -0.39 is 0 Å². The van der Waals surface area contributed by atoms with Crippen LogP contribution in [0.25, 0.3) is 0 Å². The van der Waals surface area contributed by atoms with Crippen LogP contribution in [0.15, 0.2) is 42.5 Å². The van der Waals surface area contributed by atoms with Crippen LogP contribution in [0.2, 0.25) is 0 Å². The van der Waals surface area contributed by atoms with Crippen LogP contribution in [0, 0.1) is 18.6 Å². The number of nitrogens with one attached hydrogen (secondary N) is 1. The van der Waals surface area contributed by atoms with Crippen molar-refractivity contribution in [2.75, 3.05) is 5.32 Å². The SMILES string of the molecule is Cc1ccc(NC2CC(c3ccc(F)cc3)C2)c(F)c1. The number of hydrogen-bond donors (Lipinski definition) is 1. The molecule has 0 heterocycles. The Kier molecular flexibility index (Phi) is 3.43. The number of benzene rings is 2. The van der Waals surface area contributed by atoms with E-state index in [-0.39, 0.29) is 11.6 Å². The molecule has 1 nitrogen and oxygen atoms in total. The molecule has 0 unspecified atom stereocenters. The van der Waals surface area contributed by atoms with Crippen molar-refractivity contribution >= 4 is 5.69 Å². The number of rotatable bonds is 3. The van der Waals surface area contributed by atoms with Gasteiger partial charge in [0.2, 0.25) is 0 Å². The topological polar surface area (TPSA) is 12.0 Å². The molecule has 2 aromatic carbocycles. The highest BCUT2D eigenvalue weighted by Crippen LogP contribution is 2.38. The number of aryl methyl sites for hydroxylation is 1. The largest absolute Gasteiger partial charge is 0.380 e. The Balaban J connectivity index is 1.59. The predicted molar refractivity (Wildman–Crippen MR) is 76.9 cm³/mol. The minimum Gasteiger partial charge on any atom is -0.380 e. The summed E-state index contributed by atoms with van der Waals surface area (Å²) in [5.74, 6) is 0.0429. The normalized spacial score (nSPS) is 21.4. The second-order valence-corrected chi connectivity index (χ2v) is 5.54. The summed E-state index contributed by atoms with van der Waals surface area (Å²) in [5, 5.41) is 3.24. The van der Waals surface area contributed by atoms with Gasteiger partial charge in [0.25, 0.3) is 0 Å². The zero-order valence-electron chi connectivity index (χ0n) is 11.4. The first kappa shape index (κ1) is 13.1. The highest BCUT2D eigenvalue weighted by molar-refractivity contribution is 5.47. The van der Waals surface area contributed by atoms with Crippen LogP contribution >= 0.6 is 0 Å². The highest BCUT2D eigenvalue weighted by Gasteiger charge is 2.30. The highest BCUT2D eigenvalue weighted by atomic mass is 19.1. The molecule has 2 aromatic rings. The smallest absolute Gasteiger partial charge is 0.146 e. The van der Waals surface area contributed by atoms with Gasteiger partial charge in [-0.05, 0) is 61.1 Å². The first-order valence-corrected chi connectivity index (χ1v) is 6.90. The van der Waals surface area contributed by atoms with Crippen molar-refractivity contribution in [1.29, 1.82) is 0 Å². The van der Waals surface area contributed by atoms with Crippen LogP contribution in [0.4, 0.5) is 14.5 Å². The monoisotopic (exact) mass is 273 g/mol. The van der Waals surface area contributed by atoms with Gasteiger partial charge in [-0.25, -0.2) is 8.78 Å². The van der Waals surface area contributed by atoms with Crippen LogP contribution in [0.5, 0.6) is 0 Å². The standard InChI is InChI=1S/C17H17F2N/c1-11-2-7-17(16(19)8-11)20-15-9-13(10-15)12-3-5-14(18)6-4-12/h2-8,13,15,20H,9-10H2,1H3. The minimum absolute atomic E-state index is 0.199. The molecular weight excluding hydrogens is 256 g/mol. The molecule has 104 valence electrons. The average Bonchev–Trinajstić information content (AvgIpc) is 2.37. The Morgan fingerprint density at radius 3 is 2.35 bits per heavy atom. The van der Waals surface area contributed by atoms with E-state index in [0.717, 1.165) is 24.0 Å². The second-order valence-electron chi connectivity index (χ2n) is 5.54. The molecule has 0 saturated heterocycles. The summed E-state index contributed by atoms with van der Waals surface area (Å²) < 4.78 is 26.6. The van der Waals surface area contributed by atoms with Gasteiger partial charge in [-0.3, -0.25) is 0 Å². The van der Waals surface area contributed by atoms with Gasteiger partial charge in [0, 0.05) is 6.04 Å². The summed E-state index contributed by atoms with van der Waals surface area (Å²) in [6.07, 6.45) is 1.91. The van der Waals surface area contributed by atoms with E-state index >= 15 is 0 Å². The fourth-order valence-corrected chi connectivity index (χ4v) is 2.70. The predicted octanol–water partition coefficient (Wildman–Crippen LogP) is 4.63. The minimum atomic E-state index is -0.204. The summed E-state index contributed by atoms with van der Waals surface area (Å²) in [7, 11) is 0. The first-order chi connectivity index (χ1) is 9.61. The third-order valence-corrected chi connectivity index (χ3v) is 3.96. The summed E-state index contributed by atoms with van der Waals surface area (Å²) >= 11 is 0. The molecule has 3 rings (SSSR count). The number of halogens is 2. The van der Waals surface area contributed by atoms with Crippen LogP contribution in [0.3, 0.4) is 0 Å². The fourth-order valence-electron chi connectivity index (χ4n) is 2.70. The maximum Gasteiger partial charge on any atom is 0.146 e. The van der Waals surface area contributed by atoms with Gasteiger partial charge in [-0.15, -0.1) is 0 Å². The van der Waals surface area contributed by atoms with Crippen molar-refractivity contribution in [3.63, 3.8) is 0 Å². The van der Waals surface area contributed by atoms with E-state index in [2.05, 4.69) is 5.32 Å². The zero-order chi connectivity index (χ0) is 14.1. The Labute approximate surface area is 117 Å². The van der Waals surface area contributed by atoms with Crippen molar-refractivity contribution < 1.29 is 8.78 Å². The lowest BCUT2D eigenvalue weighted by Crippen LogP contribution is -2.34. The van der Waals surface area contributed by atoms with E-state index in [4.69, 9.17) is 0 Å². The molecule has 3 heteroatoms. The Morgan fingerprint density at radius 2 is 1.70 bits per heavy atom. The Bertz CT molecular complexity index is 601. The van der Waals surface area contributed by atoms with E-state index in [9.17, 15) is 8.78 Å². The maximum absolute atomic E-state index is 13.7. The van der Waals surface area contributed by atoms with Crippen LogP contribution in [-0.4, -0.2) is 6.04 Å². The van der Waals surface area contributed by atoms with E-state index in [1.165, 1.54) is 12.1 Å². The van der Waals surface area contributed by atoms with Crippen molar-refractivity contribution in [3.8, 4) is 0 Å². The Morgan fingerprint density at radius 1 is 1.00 bits per heavy atom. The lowest BCUT2D eigenvalue weighted by Gasteiger charge is -2.37. The molecule has 1 aliphatic carbocycles. The van der Waals surface area contributed by atoms with Gasteiger partial charge >= 0.3 is 0 Å². The van der Waals surface area contributed by atoms with Crippen molar-refractivity contribution in [2.24, 2.45) is 0 Å². The summed E-state index contributed by atoms with van der Waals surface area (Å²) in [5.41, 5.74) is 2.65. The molecule has 0 radical (unpaired) electrons. The lowest BCUT2D eigenvalue weighted by atomic mass is 9.76. The number of anilines is 1. The Hall–Kier alpha value is -1.90. The molecule has 0 aromatic heterocycles. The summed E-state index contributed by atoms with van der Waals surface area (Å²) in [6, 6.07) is 12.2. The quantitative estimate of drug-likeness (QED) is 0.859. The summed E-state index contributed by atoms with van der Waals surface area (Å²) in [6.45, 7) is 1.88. The van der Waals surface area contributed by atoms with Gasteiger partial charge in [0.15, 0.2) is 0 Å². The average molecular weight is 273 g/mol. The summed E-state index contributed by atoms with van der Waals surface area (Å²) in [4.78, 5) is 0. The van der Waals surface area contributed by atoms with Gasteiger partial charge in [-0.2, -0.15) is 0 Å². The molecule has 0 bridgehead atoms. The molecule has 0 amide bonds. The van der Waals surface area contributed by atoms with Crippen molar-refractivity contribution in [1.82, 2.24) is 0 Å². The molecule has 1 N–H and O–H groups in total. The molecule has 0 aliphatic heterocycles. The maximum atomic E-state index is 13.7. The van der Waals surface area contributed by atoms with Gasteiger partial charge in [-0.1, -0.05) is 18.2 Å². The molecule has 1 aliphatic rings. The molecule has 20 heavy (non-hydrogen) atoms. The molecule has 1 saturated carbocycles. The van der Waals surface area contributed by atoms with Gasteiger partial charge in [0.1, 0.15) is 11.6 Å². The fraction of sp³-hybridized carbons (Fsp3) is 0.294. The third-order valence-electron chi connectivity index (χ3n) is 3.96. The van der Waals surface area contributed by atoms with Crippen LogP contribution in [-0.2, 0) is 0 Å².